The van der Waals surface area contributed by atoms with Crippen LogP contribution in [0.4, 0.5) is 5.69 Å². The minimum Gasteiger partial charge on any atom is -0.494 e. The third kappa shape index (κ3) is 6.86. The molecule has 1 aromatic carbocycles. The normalized spacial score (nSPS) is 12.9. The molecule has 0 heterocycles. The van der Waals surface area contributed by atoms with E-state index in [-0.39, 0.29) is 13.2 Å². The standard InChI is InChI=1S/C15H27NO6Si/c1-19-23(20-2,21-3)9-5-8-22-15-7-4-6-13(10-15)16-11-14(18)12-17/h4,6-7,10,14,16-18H,5,8-9,11-12H2,1-3H3. The van der Waals surface area contributed by atoms with Gasteiger partial charge in [-0.1, -0.05) is 6.07 Å². The van der Waals surface area contributed by atoms with Gasteiger partial charge in [-0.05, 0) is 18.6 Å². The van der Waals surface area contributed by atoms with Crippen molar-refractivity contribution in [2.45, 2.75) is 18.6 Å². The molecule has 1 aromatic rings. The first kappa shape index (κ1) is 19.9. The lowest BCUT2D eigenvalue weighted by Gasteiger charge is -2.24. The molecule has 0 aliphatic heterocycles. The first-order valence-corrected chi connectivity index (χ1v) is 9.43. The summed E-state index contributed by atoms with van der Waals surface area (Å²) in [5, 5.41) is 21.2. The molecule has 3 N–H and O–H groups in total. The zero-order valence-corrected chi connectivity index (χ0v) is 14.9. The highest BCUT2D eigenvalue weighted by atomic mass is 28.4. The summed E-state index contributed by atoms with van der Waals surface area (Å²) in [6.07, 6.45) is -0.0300. The van der Waals surface area contributed by atoms with E-state index in [1.807, 2.05) is 24.3 Å². The predicted molar refractivity (Wildman–Crippen MR) is 89.7 cm³/mol. The second kappa shape index (κ2) is 10.6. The maximum Gasteiger partial charge on any atom is 0.500 e. The second-order valence-corrected chi connectivity index (χ2v) is 8.08. The number of anilines is 1. The minimum absolute atomic E-state index is 0.271. The van der Waals surface area contributed by atoms with Crippen LogP contribution >= 0.6 is 0 Å². The van der Waals surface area contributed by atoms with E-state index in [9.17, 15) is 5.11 Å². The molecule has 0 aliphatic carbocycles. The van der Waals surface area contributed by atoms with Gasteiger partial charge in [0.25, 0.3) is 0 Å². The van der Waals surface area contributed by atoms with Crippen molar-refractivity contribution in [3.05, 3.63) is 24.3 Å². The number of rotatable bonds is 12. The van der Waals surface area contributed by atoms with Crippen molar-refractivity contribution < 1.29 is 28.2 Å². The molecular formula is C15H27NO6Si. The van der Waals surface area contributed by atoms with E-state index in [1.165, 1.54) is 0 Å². The summed E-state index contributed by atoms with van der Waals surface area (Å²) in [5.41, 5.74) is 0.824. The number of nitrogens with one attached hydrogen (secondary N) is 1. The molecular weight excluding hydrogens is 318 g/mol. The van der Waals surface area contributed by atoms with Gasteiger partial charge in [-0.25, -0.2) is 0 Å². The van der Waals surface area contributed by atoms with Crippen LogP contribution < -0.4 is 10.1 Å². The van der Waals surface area contributed by atoms with Crippen LogP contribution in [0.2, 0.25) is 6.04 Å². The van der Waals surface area contributed by atoms with Crippen LogP contribution in [0.25, 0.3) is 0 Å². The molecule has 8 heteroatoms. The Morgan fingerprint density at radius 2 is 1.87 bits per heavy atom. The first-order valence-electron chi connectivity index (χ1n) is 7.50. The predicted octanol–water partition coefficient (Wildman–Crippen LogP) is 1.10. The van der Waals surface area contributed by atoms with Gasteiger partial charge >= 0.3 is 8.80 Å². The second-order valence-electron chi connectivity index (χ2n) is 4.99. The molecule has 0 saturated carbocycles. The van der Waals surface area contributed by atoms with Crippen molar-refractivity contribution in [1.82, 2.24) is 0 Å². The molecule has 0 aliphatic rings. The molecule has 0 amide bonds. The van der Waals surface area contributed by atoms with Gasteiger partial charge in [0.1, 0.15) is 5.75 Å². The van der Waals surface area contributed by atoms with Crippen molar-refractivity contribution in [3.8, 4) is 5.75 Å². The average Bonchev–Trinajstić information content (AvgIpc) is 2.61. The smallest absolute Gasteiger partial charge is 0.494 e. The molecule has 132 valence electrons. The number of ether oxygens (including phenoxy) is 1. The van der Waals surface area contributed by atoms with Gasteiger partial charge in [0.2, 0.25) is 0 Å². The summed E-state index contributed by atoms with van der Waals surface area (Å²) in [4.78, 5) is 0. The number of hydrogen-bond donors (Lipinski definition) is 3. The van der Waals surface area contributed by atoms with E-state index >= 15 is 0 Å². The van der Waals surface area contributed by atoms with Gasteiger partial charge in [-0.3, -0.25) is 0 Å². The van der Waals surface area contributed by atoms with E-state index in [1.54, 1.807) is 21.3 Å². The number of hydrogen-bond acceptors (Lipinski definition) is 7. The first-order chi connectivity index (χ1) is 11.1. The highest BCUT2D eigenvalue weighted by Gasteiger charge is 2.36. The molecule has 23 heavy (non-hydrogen) atoms. The Morgan fingerprint density at radius 1 is 1.17 bits per heavy atom. The van der Waals surface area contributed by atoms with Crippen LogP contribution in [-0.2, 0) is 13.3 Å². The Hall–Kier alpha value is -1.16. The Labute approximate surface area is 138 Å². The van der Waals surface area contributed by atoms with Crippen LogP contribution in [-0.4, -0.2) is 66.2 Å². The van der Waals surface area contributed by atoms with Crippen molar-refractivity contribution in [3.63, 3.8) is 0 Å². The van der Waals surface area contributed by atoms with E-state index in [0.29, 0.717) is 12.7 Å². The molecule has 0 fully saturated rings. The maximum atomic E-state index is 9.33. The van der Waals surface area contributed by atoms with E-state index in [4.69, 9.17) is 23.1 Å². The van der Waals surface area contributed by atoms with E-state index in [0.717, 1.165) is 17.9 Å². The van der Waals surface area contributed by atoms with Crippen LogP contribution in [0.15, 0.2) is 24.3 Å². The lowest BCUT2D eigenvalue weighted by atomic mass is 10.3. The fraction of sp³-hybridized carbons (Fsp3) is 0.600. The SMILES string of the molecule is CO[Si](CCCOc1cccc(NCC(O)CO)c1)(OC)OC. The Balaban J connectivity index is 2.40. The fourth-order valence-electron chi connectivity index (χ4n) is 2.03. The molecule has 0 spiro atoms. The third-order valence-corrected chi connectivity index (χ3v) is 6.25. The Morgan fingerprint density at radius 3 is 2.48 bits per heavy atom. The van der Waals surface area contributed by atoms with E-state index < -0.39 is 14.9 Å². The van der Waals surface area contributed by atoms with Crippen molar-refractivity contribution in [2.24, 2.45) is 0 Å². The van der Waals surface area contributed by atoms with Gasteiger partial charge < -0.3 is 33.5 Å². The quantitative estimate of drug-likeness (QED) is 0.386. The molecule has 0 aromatic heterocycles. The highest BCUT2D eigenvalue weighted by molar-refractivity contribution is 6.60. The van der Waals surface area contributed by atoms with Gasteiger partial charge in [-0.15, -0.1) is 0 Å². The zero-order valence-electron chi connectivity index (χ0n) is 13.9. The molecule has 1 atom stereocenters. The van der Waals surface area contributed by atoms with Crippen LogP contribution in [0.5, 0.6) is 5.75 Å². The summed E-state index contributed by atoms with van der Waals surface area (Å²) in [5.74, 6) is 0.730. The molecule has 7 nitrogen and oxygen atoms in total. The summed E-state index contributed by atoms with van der Waals surface area (Å²) in [6, 6.07) is 8.12. The molecule has 1 rings (SSSR count). The van der Waals surface area contributed by atoms with E-state index in [2.05, 4.69) is 5.32 Å². The fourth-order valence-corrected chi connectivity index (χ4v) is 3.72. The summed E-state index contributed by atoms with van der Waals surface area (Å²) in [7, 11) is 2.24. The number of benzene rings is 1. The van der Waals surface area contributed by atoms with Crippen LogP contribution in [0.1, 0.15) is 6.42 Å². The Bertz CT molecular complexity index is 435. The monoisotopic (exact) mass is 345 g/mol. The minimum atomic E-state index is -2.54. The lowest BCUT2D eigenvalue weighted by molar-refractivity contribution is 0.105. The largest absolute Gasteiger partial charge is 0.500 e. The summed E-state index contributed by atoms with van der Waals surface area (Å²) in [6.45, 7) is 0.532. The van der Waals surface area contributed by atoms with Gasteiger partial charge in [0.05, 0.1) is 19.3 Å². The van der Waals surface area contributed by atoms with Crippen LogP contribution in [0.3, 0.4) is 0 Å². The summed E-state index contributed by atoms with van der Waals surface area (Å²) >= 11 is 0. The van der Waals surface area contributed by atoms with Crippen LogP contribution in [0, 0.1) is 0 Å². The van der Waals surface area contributed by atoms with Gasteiger partial charge in [0.15, 0.2) is 0 Å². The molecule has 0 radical (unpaired) electrons. The topological polar surface area (TPSA) is 89.4 Å². The molecule has 0 saturated heterocycles. The molecule has 0 bridgehead atoms. The van der Waals surface area contributed by atoms with Gasteiger partial charge in [-0.2, -0.15) is 0 Å². The number of aliphatic hydroxyl groups is 2. The lowest BCUT2D eigenvalue weighted by Crippen LogP contribution is -2.42. The highest BCUT2D eigenvalue weighted by Crippen LogP contribution is 2.19. The van der Waals surface area contributed by atoms with Gasteiger partial charge in [0, 0.05) is 45.7 Å². The van der Waals surface area contributed by atoms with Crippen molar-refractivity contribution in [2.75, 3.05) is 46.4 Å². The van der Waals surface area contributed by atoms with Crippen molar-refractivity contribution in [1.29, 1.82) is 0 Å². The summed E-state index contributed by atoms with van der Waals surface area (Å²) < 4.78 is 21.8. The zero-order chi connectivity index (χ0) is 17.1. The maximum absolute atomic E-state index is 9.33. The molecule has 1 unspecified atom stereocenters. The average molecular weight is 345 g/mol. The number of aliphatic hydroxyl groups excluding tert-OH is 2. The Kier molecular flexibility index (Phi) is 9.15. The third-order valence-electron chi connectivity index (χ3n) is 3.42. The van der Waals surface area contributed by atoms with Crippen molar-refractivity contribution >= 4 is 14.5 Å².